The normalized spacial score (nSPS) is 16.9. The second-order valence-electron chi connectivity index (χ2n) is 4.97. The van der Waals surface area contributed by atoms with Gasteiger partial charge in [0, 0.05) is 17.8 Å². The lowest BCUT2D eigenvalue weighted by atomic mass is 10.1. The molecule has 1 aromatic carbocycles. The third kappa shape index (κ3) is 5.02. The number of halogens is 1. The van der Waals surface area contributed by atoms with Gasteiger partial charge in [0.2, 0.25) is 5.91 Å². The van der Waals surface area contributed by atoms with Gasteiger partial charge in [-0.25, -0.2) is 0 Å². The average Bonchev–Trinajstić information content (AvgIpc) is 2.99. The van der Waals surface area contributed by atoms with E-state index in [0.29, 0.717) is 17.8 Å². The van der Waals surface area contributed by atoms with Crippen molar-refractivity contribution in [3.05, 3.63) is 29.8 Å². The Morgan fingerprint density at radius 3 is 2.86 bits per heavy atom. The highest BCUT2D eigenvalue weighted by Gasteiger charge is 2.21. The summed E-state index contributed by atoms with van der Waals surface area (Å²) < 4.78 is 0. The van der Waals surface area contributed by atoms with Crippen molar-refractivity contribution >= 4 is 29.9 Å². The molecule has 0 aromatic heterocycles. The van der Waals surface area contributed by atoms with Crippen LogP contribution in [0.5, 0.6) is 0 Å². The number of anilines is 1. The van der Waals surface area contributed by atoms with E-state index >= 15 is 0 Å². The molecule has 0 aliphatic carbocycles. The summed E-state index contributed by atoms with van der Waals surface area (Å²) >= 11 is 0. The minimum Gasteiger partial charge on any atom is -0.352 e. The third-order valence-corrected chi connectivity index (χ3v) is 3.30. The first-order valence-corrected chi connectivity index (χ1v) is 7.13. The smallest absolute Gasteiger partial charge is 0.251 e. The molecule has 116 valence electrons. The molecule has 2 rings (SSSR count). The van der Waals surface area contributed by atoms with Crippen LogP contribution in [-0.2, 0) is 4.79 Å². The largest absolute Gasteiger partial charge is 0.352 e. The predicted octanol–water partition coefficient (Wildman–Crippen LogP) is 1.94. The predicted molar refractivity (Wildman–Crippen MR) is 86.0 cm³/mol. The number of carbonyl (C=O) groups excluding carboxylic acids is 2. The molecule has 6 heteroatoms. The highest BCUT2D eigenvalue weighted by molar-refractivity contribution is 5.98. The molecule has 3 N–H and O–H groups in total. The molecular formula is C15H22ClN3O2. The minimum atomic E-state index is -0.118. The van der Waals surface area contributed by atoms with Crippen molar-refractivity contribution in [3.63, 3.8) is 0 Å². The minimum absolute atomic E-state index is 0. The molecule has 1 saturated heterocycles. The zero-order chi connectivity index (χ0) is 14.4. The molecule has 5 nitrogen and oxygen atoms in total. The van der Waals surface area contributed by atoms with Gasteiger partial charge < -0.3 is 16.0 Å². The first kappa shape index (κ1) is 17.5. The second kappa shape index (κ2) is 8.64. The molecule has 0 saturated carbocycles. The monoisotopic (exact) mass is 311 g/mol. The van der Waals surface area contributed by atoms with Crippen LogP contribution >= 0.6 is 12.4 Å². The molecule has 1 atom stereocenters. The molecule has 1 fully saturated rings. The molecule has 2 amide bonds. The lowest BCUT2D eigenvalue weighted by Gasteiger charge is -2.12. The van der Waals surface area contributed by atoms with Crippen LogP contribution in [0.4, 0.5) is 5.69 Å². The number of hydrogen-bond acceptors (Lipinski definition) is 3. The van der Waals surface area contributed by atoms with Gasteiger partial charge in [0.05, 0.1) is 6.04 Å². The Balaban J connectivity index is 0.00000220. The lowest BCUT2D eigenvalue weighted by molar-refractivity contribution is -0.117. The van der Waals surface area contributed by atoms with Gasteiger partial charge in [-0.3, -0.25) is 9.59 Å². The van der Waals surface area contributed by atoms with Gasteiger partial charge >= 0.3 is 0 Å². The number of amides is 2. The summed E-state index contributed by atoms with van der Waals surface area (Å²) in [7, 11) is 0. The van der Waals surface area contributed by atoms with E-state index in [0.717, 1.165) is 25.8 Å². The van der Waals surface area contributed by atoms with E-state index in [-0.39, 0.29) is 30.3 Å². The van der Waals surface area contributed by atoms with Crippen molar-refractivity contribution in [1.82, 2.24) is 10.6 Å². The number of hydrogen-bond donors (Lipinski definition) is 3. The Kier molecular flexibility index (Phi) is 7.19. The van der Waals surface area contributed by atoms with Crippen molar-refractivity contribution in [2.45, 2.75) is 32.2 Å². The van der Waals surface area contributed by atoms with Gasteiger partial charge in [-0.15, -0.1) is 12.4 Å². The summed E-state index contributed by atoms with van der Waals surface area (Å²) in [5, 5.41) is 8.82. The molecular weight excluding hydrogens is 290 g/mol. The summed E-state index contributed by atoms with van der Waals surface area (Å²) in [5.74, 6) is -0.143. The molecule has 0 spiro atoms. The fourth-order valence-electron chi connectivity index (χ4n) is 2.22. The van der Waals surface area contributed by atoms with E-state index in [1.807, 2.05) is 6.92 Å². The SMILES string of the molecule is CCCNC(=O)c1cccc(NC(=O)[C@@H]2CCCN2)c1.Cl. The Bertz CT molecular complexity index is 488. The van der Waals surface area contributed by atoms with E-state index < -0.39 is 0 Å². The first-order chi connectivity index (χ1) is 9.70. The number of rotatable bonds is 5. The van der Waals surface area contributed by atoms with Crippen LogP contribution < -0.4 is 16.0 Å². The number of nitrogens with one attached hydrogen (secondary N) is 3. The highest BCUT2D eigenvalue weighted by atomic mass is 35.5. The summed E-state index contributed by atoms with van der Waals surface area (Å²) in [6.45, 7) is 3.55. The van der Waals surface area contributed by atoms with Crippen molar-refractivity contribution in [1.29, 1.82) is 0 Å². The maximum atomic E-state index is 12.0. The summed E-state index contributed by atoms with van der Waals surface area (Å²) in [4.78, 5) is 23.9. The molecule has 1 heterocycles. The standard InChI is InChI=1S/C15H21N3O2.ClH/c1-2-8-17-14(19)11-5-3-6-12(10-11)18-15(20)13-7-4-9-16-13;/h3,5-6,10,13,16H,2,4,7-9H2,1H3,(H,17,19)(H,18,20);1H/t13-;/m0./s1. The summed E-state index contributed by atoms with van der Waals surface area (Å²) in [6, 6.07) is 6.90. The van der Waals surface area contributed by atoms with Crippen molar-refractivity contribution in [2.75, 3.05) is 18.4 Å². The Hall–Kier alpha value is -1.59. The highest BCUT2D eigenvalue weighted by Crippen LogP contribution is 2.13. The Labute approximate surface area is 131 Å². The maximum Gasteiger partial charge on any atom is 0.251 e. The zero-order valence-electron chi connectivity index (χ0n) is 12.1. The van der Waals surface area contributed by atoms with Crippen LogP contribution in [0, 0.1) is 0 Å². The van der Waals surface area contributed by atoms with Gasteiger partial charge in [-0.05, 0) is 44.0 Å². The van der Waals surface area contributed by atoms with Crippen molar-refractivity contribution in [2.24, 2.45) is 0 Å². The molecule has 0 unspecified atom stereocenters. The van der Waals surface area contributed by atoms with Crippen LogP contribution in [0.3, 0.4) is 0 Å². The molecule has 0 bridgehead atoms. The van der Waals surface area contributed by atoms with Gasteiger partial charge in [-0.2, -0.15) is 0 Å². The molecule has 21 heavy (non-hydrogen) atoms. The van der Waals surface area contributed by atoms with E-state index in [1.54, 1.807) is 24.3 Å². The van der Waals surface area contributed by atoms with Crippen LogP contribution in [-0.4, -0.2) is 30.9 Å². The quantitative estimate of drug-likeness (QED) is 0.778. The van der Waals surface area contributed by atoms with Crippen molar-refractivity contribution < 1.29 is 9.59 Å². The van der Waals surface area contributed by atoms with Gasteiger partial charge in [0.1, 0.15) is 0 Å². The third-order valence-electron chi connectivity index (χ3n) is 3.30. The Morgan fingerprint density at radius 1 is 1.38 bits per heavy atom. The Morgan fingerprint density at radius 2 is 2.19 bits per heavy atom. The second-order valence-corrected chi connectivity index (χ2v) is 4.97. The average molecular weight is 312 g/mol. The van der Waals surface area contributed by atoms with Crippen LogP contribution in [0.1, 0.15) is 36.5 Å². The fraction of sp³-hybridized carbons (Fsp3) is 0.467. The topological polar surface area (TPSA) is 70.2 Å². The van der Waals surface area contributed by atoms with Crippen LogP contribution in [0.25, 0.3) is 0 Å². The number of carbonyl (C=O) groups is 2. The van der Waals surface area contributed by atoms with E-state index in [2.05, 4.69) is 16.0 Å². The van der Waals surface area contributed by atoms with Crippen molar-refractivity contribution in [3.8, 4) is 0 Å². The summed E-state index contributed by atoms with van der Waals surface area (Å²) in [5.41, 5.74) is 1.23. The van der Waals surface area contributed by atoms with Gasteiger partial charge in [0.15, 0.2) is 0 Å². The maximum absolute atomic E-state index is 12.0. The zero-order valence-corrected chi connectivity index (χ0v) is 13.0. The molecule has 1 aliphatic heterocycles. The van der Waals surface area contributed by atoms with Gasteiger partial charge in [-0.1, -0.05) is 13.0 Å². The fourth-order valence-corrected chi connectivity index (χ4v) is 2.22. The summed E-state index contributed by atoms with van der Waals surface area (Å²) in [6.07, 6.45) is 2.79. The van der Waals surface area contributed by atoms with E-state index in [4.69, 9.17) is 0 Å². The molecule has 1 aliphatic rings. The molecule has 0 radical (unpaired) electrons. The molecule has 1 aromatic rings. The van der Waals surface area contributed by atoms with Gasteiger partial charge in [0.25, 0.3) is 5.91 Å². The van der Waals surface area contributed by atoms with Crippen LogP contribution in [0.2, 0.25) is 0 Å². The van der Waals surface area contributed by atoms with E-state index in [1.165, 1.54) is 0 Å². The van der Waals surface area contributed by atoms with Crippen LogP contribution in [0.15, 0.2) is 24.3 Å². The van der Waals surface area contributed by atoms with E-state index in [9.17, 15) is 9.59 Å². The lowest BCUT2D eigenvalue weighted by Crippen LogP contribution is -2.35. The number of benzene rings is 1. The first-order valence-electron chi connectivity index (χ1n) is 7.13.